The predicted molar refractivity (Wildman–Crippen MR) is 108 cm³/mol. The summed E-state index contributed by atoms with van der Waals surface area (Å²) in [5.41, 5.74) is 4.81. The number of hydrogen-bond donors (Lipinski definition) is 0. The number of carbonyl (C=O) groups is 1. The topological polar surface area (TPSA) is 34.5 Å². The van der Waals surface area contributed by atoms with Gasteiger partial charge in [0.05, 0.1) is 6.42 Å². The van der Waals surface area contributed by atoms with Crippen molar-refractivity contribution in [3.63, 3.8) is 0 Å². The fourth-order valence-electron chi connectivity index (χ4n) is 3.83. The lowest BCUT2D eigenvalue weighted by molar-refractivity contribution is -0.145. The molecule has 2 heterocycles. The molecule has 0 radical (unpaired) electrons. The number of benzene rings is 2. The minimum atomic E-state index is -0.170. The number of nitrogens with zero attached hydrogens (tertiary/aromatic N) is 2. The van der Waals surface area contributed by atoms with Crippen molar-refractivity contribution in [3.8, 4) is 0 Å². The van der Waals surface area contributed by atoms with Crippen molar-refractivity contribution >= 4 is 28.5 Å². The molecule has 0 saturated carbocycles. The van der Waals surface area contributed by atoms with Gasteiger partial charge in [-0.05, 0) is 36.4 Å². The third kappa shape index (κ3) is 3.87. The standard InChI is InChI=1S/C22H23ClN2O2/c1-24-11-9-21-19(14-24)18-13-17(23)7-8-20(18)25(21)12-10-22(26)27-15-16-5-3-2-4-6-16/h2-8,13H,9-12,14-15H2,1H3. The first-order valence-corrected chi connectivity index (χ1v) is 9.67. The van der Waals surface area contributed by atoms with E-state index >= 15 is 0 Å². The molecule has 1 aromatic heterocycles. The Morgan fingerprint density at radius 1 is 1.19 bits per heavy atom. The Balaban J connectivity index is 1.51. The molecular formula is C22H23ClN2O2. The molecule has 0 bridgehead atoms. The van der Waals surface area contributed by atoms with E-state index in [2.05, 4.69) is 22.6 Å². The average Bonchev–Trinajstić information content (AvgIpc) is 2.97. The van der Waals surface area contributed by atoms with Crippen LogP contribution in [0.2, 0.25) is 5.02 Å². The van der Waals surface area contributed by atoms with Crippen LogP contribution in [-0.2, 0) is 35.6 Å². The Morgan fingerprint density at radius 2 is 2.00 bits per heavy atom. The van der Waals surface area contributed by atoms with Crippen LogP contribution in [0, 0.1) is 0 Å². The third-order valence-electron chi connectivity index (χ3n) is 5.19. The van der Waals surface area contributed by atoms with Gasteiger partial charge < -0.3 is 14.2 Å². The zero-order valence-corrected chi connectivity index (χ0v) is 16.2. The van der Waals surface area contributed by atoms with Gasteiger partial charge >= 0.3 is 5.97 Å². The zero-order valence-electron chi connectivity index (χ0n) is 15.5. The average molecular weight is 383 g/mol. The van der Waals surface area contributed by atoms with Crippen LogP contribution in [0.3, 0.4) is 0 Å². The van der Waals surface area contributed by atoms with E-state index in [-0.39, 0.29) is 5.97 Å². The van der Waals surface area contributed by atoms with Gasteiger partial charge in [-0.3, -0.25) is 4.79 Å². The summed E-state index contributed by atoms with van der Waals surface area (Å²) >= 11 is 6.24. The van der Waals surface area contributed by atoms with Gasteiger partial charge in [0.25, 0.3) is 0 Å². The van der Waals surface area contributed by atoms with Gasteiger partial charge in [-0.15, -0.1) is 0 Å². The Kier molecular flexibility index (Phi) is 5.19. The molecule has 140 valence electrons. The first-order chi connectivity index (χ1) is 13.1. The van der Waals surface area contributed by atoms with Crippen LogP contribution >= 0.6 is 11.6 Å². The highest BCUT2D eigenvalue weighted by atomic mass is 35.5. The molecule has 0 saturated heterocycles. The molecule has 0 N–H and O–H groups in total. The lowest BCUT2D eigenvalue weighted by atomic mass is 10.1. The van der Waals surface area contributed by atoms with Crippen LogP contribution in [0.1, 0.15) is 23.2 Å². The number of esters is 1. The molecule has 4 rings (SSSR count). The molecule has 0 atom stereocenters. The van der Waals surface area contributed by atoms with Crippen LogP contribution in [0.4, 0.5) is 0 Å². The Labute approximate surface area is 164 Å². The van der Waals surface area contributed by atoms with E-state index in [1.807, 2.05) is 42.5 Å². The number of aryl methyl sites for hydroxylation is 1. The van der Waals surface area contributed by atoms with Gasteiger partial charge in [0.1, 0.15) is 6.61 Å². The number of ether oxygens (including phenoxy) is 1. The van der Waals surface area contributed by atoms with Crippen LogP contribution in [0.25, 0.3) is 10.9 Å². The third-order valence-corrected chi connectivity index (χ3v) is 5.42. The first kappa shape index (κ1) is 18.1. The van der Waals surface area contributed by atoms with E-state index in [9.17, 15) is 4.79 Å². The quantitative estimate of drug-likeness (QED) is 0.613. The molecule has 1 aliphatic heterocycles. The Bertz CT molecular complexity index is 965. The maximum Gasteiger partial charge on any atom is 0.307 e. The number of likely N-dealkylation sites (N-methyl/N-ethyl adjacent to an activating group) is 1. The monoisotopic (exact) mass is 382 g/mol. The maximum atomic E-state index is 12.3. The first-order valence-electron chi connectivity index (χ1n) is 9.29. The lowest BCUT2D eigenvalue weighted by Gasteiger charge is -2.24. The highest BCUT2D eigenvalue weighted by Gasteiger charge is 2.22. The number of halogens is 1. The summed E-state index contributed by atoms with van der Waals surface area (Å²) in [4.78, 5) is 14.6. The predicted octanol–water partition coefficient (Wildman–Crippen LogP) is 4.42. The molecule has 0 aliphatic carbocycles. The number of fused-ring (bicyclic) bond motifs is 3. The van der Waals surface area contributed by atoms with Gasteiger partial charge in [-0.2, -0.15) is 0 Å². The summed E-state index contributed by atoms with van der Waals surface area (Å²) in [5.74, 6) is -0.170. The van der Waals surface area contributed by atoms with Crippen molar-refractivity contribution in [2.45, 2.75) is 32.5 Å². The van der Waals surface area contributed by atoms with E-state index in [0.29, 0.717) is 19.6 Å². The normalized spacial score (nSPS) is 14.3. The van der Waals surface area contributed by atoms with Gasteiger partial charge in [0.15, 0.2) is 0 Å². The Morgan fingerprint density at radius 3 is 2.81 bits per heavy atom. The van der Waals surface area contributed by atoms with E-state index in [1.165, 1.54) is 16.6 Å². The summed E-state index contributed by atoms with van der Waals surface area (Å²) in [5, 5.41) is 1.94. The second kappa shape index (κ2) is 7.75. The molecule has 0 spiro atoms. The Hall–Kier alpha value is -2.30. The summed E-state index contributed by atoms with van der Waals surface area (Å²) in [6.45, 7) is 2.89. The fraction of sp³-hybridized carbons (Fsp3) is 0.318. The molecule has 0 amide bonds. The van der Waals surface area contributed by atoms with E-state index in [0.717, 1.165) is 35.6 Å². The van der Waals surface area contributed by atoms with Crippen molar-refractivity contribution in [1.82, 2.24) is 9.47 Å². The zero-order chi connectivity index (χ0) is 18.8. The summed E-state index contributed by atoms with van der Waals surface area (Å²) in [7, 11) is 2.14. The van der Waals surface area contributed by atoms with E-state index in [1.54, 1.807) is 0 Å². The minimum Gasteiger partial charge on any atom is -0.461 e. The van der Waals surface area contributed by atoms with Gasteiger partial charge in [0, 0.05) is 47.7 Å². The summed E-state index contributed by atoms with van der Waals surface area (Å²) < 4.78 is 7.71. The number of hydrogen-bond acceptors (Lipinski definition) is 3. The van der Waals surface area contributed by atoms with Crippen molar-refractivity contribution in [2.75, 3.05) is 13.6 Å². The molecule has 1 aliphatic rings. The molecule has 4 nitrogen and oxygen atoms in total. The van der Waals surface area contributed by atoms with E-state index < -0.39 is 0 Å². The molecule has 0 unspecified atom stereocenters. The van der Waals surface area contributed by atoms with Crippen molar-refractivity contribution in [3.05, 3.63) is 70.4 Å². The molecular weight excluding hydrogens is 360 g/mol. The van der Waals surface area contributed by atoms with Crippen LogP contribution in [0.15, 0.2) is 48.5 Å². The van der Waals surface area contributed by atoms with Gasteiger partial charge in [-0.1, -0.05) is 41.9 Å². The largest absolute Gasteiger partial charge is 0.461 e. The van der Waals surface area contributed by atoms with Crippen molar-refractivity contribution in [2.24, 2.45) is 0 Å². The van der Waals surface area contributed by atoms with Crippen molar-refractivity contribution < 1.29 is 9.53 Å². The smallest absolute Gasteiger partial charge is 0.307 e. The summed E-state index contributed by atoms with van der Waals surface area (Å²) in [6.07, 6.45) is 1.35. The number of carbonyl (C=O) groups excluding carboxylic acids is 1. The van der Waals surface area contributed by atoms with Gasteiger partial charge in [-0.25, -0.2) is 0 Å². The fourth-order valence-corrected chi connectivity index (χ4v) is 4.00. The van der Waals surface area contributed by atoms with Crippen LogP contribution in [-0.4, -0.2) is 29.0 Å². The second-order valence-electron chi connectivity index (χ2n) is 7.12. The molecule has 3 aromatic rings. The highest BCUT2D eigenvalue weighted by Crippen LogP contribution is 2.32. The molecule has 27 heavy (non-hydrogen) atoms. The van der Waals surface area contributed by atoms with E-state index in [4.69, 9.17) is 16.3 Å². The number of rotatable bonds is 5. The summed E-state index contributed by atoms with van der Waals surface area (Å²) in [6, 6.07) is 15.8. The second-order valence-corrected chi connectivity index (χ2v) is 7.56. The number of aromatic nitrogens is 1. The lowest BCUT2D eigenvalue weighted by Crippen LogP contribution is -2.27. The molecule has 5 heteroatoms. The maximum absolute atomic E-state index is 12.3. The molecule has 2 aromatic carbocycles. The molecule has 0 fully saturated rings. The SMILES string of the molecule is CN1CCc2c(c3cc(Cl)ccc3n2CCC(=O)OCc2ccccc2)C1. The van der Waals surface area contributed by atoms with Crippen molar-refractivity contribution in [1.29, 1.82) is 0 Å². The van der Waals surface area contributed by atoms with Crippen LogP contribution in [0.5, 0.6) is 0 Å². The van der Waals surface area contributed by atoms with Crippen LogP contribution < -0.4 is 0 Å². The van der Waals surface area contributed by atoms with Gasteiger partial charge in [0.2, 0.25) is 0 Å². The minimum absolute atomic E-state index is 0.170. The highest BCUT2D eigenvalue weighted by molar-refractivity contribution is 6.31.